The van der Waals surface area contributed by atoms with Gasteiger partial charge in [0.15, 0.2) is 0 Å². The van der Waals surface area contributed by atoms with Crippen molar-refractivity contribution in [1.82, 2.24) is 0 Å². The van der Waals surface area contributed by atoms with Gasteiger partial charge >= 0.3 is 13.0 Å². The number of halogens is 5. The second-order valence-corrected chi connectivity index (χ2v) is 2.98. The van der Waals surface area contributed by atoms with E-state index in [1.54, 1.807) is 0 Å². The van der Waals surface area contributed by atoms with Gasteiger partial charge in [0.25, 0.3) is 0 Å². The zero-order valence-corrected chi connectivity index (χ0v) is 8.50. The van der Waals surface area contributed by atoms with Crippen LogP contribution in [0.2, 0.25) is 0 Å². The van der Waals surface area contributed by atoms with Crippen LogP contribution in [-0.4, -0.2) is 18.9 Å². The Hall–Kier alpha value is -2.06. The Morgan fingerprint density at radius 1 is 1.17 bits per heavy atom. The largest absolute Gasteiger partial charge is 0.573 e. The molecule has 0 unspecified atom stereocenters. The van der Waals surface area contributed by atoms with Crippen molar-refractivity contribution in [2.75, 3.05) is 0 Å². The van der Waals surface area contributed by atoms with Crippen molar-refractivity contribution < 1.29 is 36.2 Å². The molecule has 0 aromatic heterocycles. The second kappa shape index (κ2) is 5.07. The number of ether oxygens (including phenoxy) is 2. The Balaban J connectivity index is 3.10. The van der Waals surface area contributed by atoms with Crippen molar-refractivity contribution in [3.8, 4) is 11.5 Å². The standard InChI is InChI=1S/C9H6F5NO3/c10-8(11)17-5-1-4(7(15)16)2-6(3-5)18-9(12,13)14/h1-3,8H,(H2,15,16). The van der Waals surface area contributed by atoms with Crippen molar-refractivity contribution in [1.29, 1.82) is 0 Å². The molecule has 0 fully saturated rings. The van der Waals surface area contributed by atoms with Crippen LogP contribution in [0.5, 0.6) is 11.5 Å². The number of carbonyl (C=O) groups excluding carboxylic acids is 1. The highest BCUT2D eigenvalue weighted by molar-refractivity contribution is 5.93. The summed E-state index contributed by atoms with van der Waals surface area (Å²) >= 11 is 0. The van der Waals surface area contributed by atoms with Gasteiger partial charge in [-0.05, 0) is 12.1 Å². The fraction of sp³-hybridized carbons (Fsp3) is 0.222. The molecule has 1 aromatic carbocycles. The summed E-state index contributed by atoms with van der Waals surface area (Å²) in [6.45, 7) is -3.26. The number of hydrogen-bond donors (Lipinski definition) is 1. The third-order valence-electron chi connectivity index (χ3n) is 1.62. The molecule has 1 rings (SSSR count). The molecule has 0 saturated heterocycles. The van der Waals surface area contributed by atoms with Gasteiger partial charge in [0.1, 0.15) is 11.5 Å². The molecular formula is C9H6F5NO3. The first-order valence-corrected chi connectivity index (χ1v) is 4.33. The third-order valence-corrected chi connectivity index (χ3v) is 1.62. The monoisotopic (exact) mass is 271 g/mol. The fourth-order valence-corrected chi connectivity index (χ4v) is 1.08. The lowest BCUT2D eigenvalue weighted by Gasteiger charge is -2.12. The normalized spacial score (nSPS) is 11.4. The lowest BCUT2D eigenvalue weighted by Crippen LogP contribution is -2.18. The van der Waals surface area contributed by atoms with Crippen LogP contribution >= 0.6 is 0 Å². The summed E-state index contributed by atoms with van der Waals surface area (Å²) in [5, 5.41) is 0. The molecule has 100 valence electrons. The lowest BCUT2D eigenvalue weighted by atomic mass is 10.2. The van der Waals surface area contributed by atoms with E-state index in [1.807, 2.05) is 0 Å². The molecule has 0 atom stereocenters. The van der Waals surface area contributed by atoms with E-state index in [1.165, 1.54) is 0 Å². The number of hydrogen-bond acceptors (Lipinski definition) is 3. The first-order chi connectivity index (χ1) is 8.17. The van der Waals surface area contributed by atoms with E-state index in [2.05, 4.69) is 9.47 Å². The highest BCUT2D eigenvalue weighted by Gasteiger charge is 2.31. The van der Waals surface area contributed by atoms with E-state index in [4.69, 9.17) is 5.73 Å². The zero-order valence-electron chi connectivity index (χ0n) is 8.50. The number of nitrogens with two attached hydrogens (primary N) is 1. The fourth-order valence-electron chi connectivity index (χ4n) is 1.08. The van der Waals surface area contributed by atoms with E-state index in [0.29, 0.717) is 12.1 Å². The molecule has 0 heterocycles. The minimum Gasteiger partial charge on any atom is -0.435 e. The number of benzene rings is 1. The Kier molecular flexibility index (Phi) is 3.94. The first kappa shape index (κ1) is 14.0. The molecule has 0 aliphatic carbocycles. The highest BCUT2D eigenvalue weighted by atomic mass is 19.4. The van der Waals surface area contributed by atoms with Crippen LogP contribution in [0.25, 0.3) is 0 Å². The highest BCUT2D eigenvalue weighted by Crippen LogP contribution is 2.28. The van der Waals surface area contributed by atoms with Crippen LogP contribution in [0.3, 0.4) is 0 Å². The van der Waals surface area contributed by atoms with Crippen molar-refractivity contribution in [2.24, 2.45) is 5.73 Å². The van der Waals surface area contributed by atoms with Gasteiger partial charge in [-0.2, -0.15) is 8.78 Å². The van der Waals surface area contributed by atoms with E-state index in [9.17, 15) is 26.7 Å². The van der Waals surface area contributed by atoms with E-state index < -0.39 is 35.9 Å². The third kappa shape index (κ3) is 4.44. The topological polar surface area (TPSA) is 61.6 Å². The Morgan fingerprint density at radius 3 is 2.17 bits per heavy atom. The Labute approximate surface area is 97.1 Å². The molecule has 0 radical (unpaired) electrons. The van der Waals surface area contributed by atoms with Crippen LogP contribution in [0.4, 0.5) is 22.0 Å². The zero-order chi connectivity index (χ0) is 13.9. The van der Waals surface area contributed by atoms with E-state index in [-0.39, 0.29) is 0 Å². The van der Waals surface area contributed by atoms with Crippen LogP contribution in [0, 0.1) is 0 Å². The van der Waals surface area contributed by atoms with Gasteiger partial charge in [0.05, 0.1) is 0 Å². The smallest absolute Gasteiger partial charge is 0.435 e. The van der Waals surface area contributed by atoms with Crippen LogP contribution in [0.1, 0.15) is 10.4 Å². The number of primary amides is 1. The number of rotatable bonds is 4. The maximum absolute atomic E-state index is 11.9. The molecule has 4 nitrogen and oxygen atoms in total. The molecule has 18 heavy (non-hydrogen) atoms. The molecule has 1 aromatic rings. The minimum absolute atomic E-state index is 0.451. The average Bonchev–Trinajstić information content (AvgIpc) is 2.12. The van der Waals surface area contributed by atoms with Crippen LogP contribution in [0.15, 0.2) is 18.2 Å². The molecule has 9 heteroatoms. The summed E-state index contributed by atoms with van der Waals surface area (Å²) in [7, 11) is 0. The van der Waals surface area contributed by atoms with E-state index in [0.717, 1.165) is 6.07 Å². The number of carbonyl (C=O) groups is 1. The van der Waals surface area contributed by atoms with Crippen molar-refractivity contribution in [3.05, 3.63) is 23.8 Å². The molecule has 0 saturated carbocycles. The molecule has 0 bridgehead atoms. The molecule has 0 aliphatic rings. The summed E-state index contributed by atoms with van der Waals surface area (Å²) in [4.78, 5) is 10.8. The average molecular weight is 271 g/mol. The predicted molar refractivity (Wildman–Crippen MR) is 48.3 cm³/mol. The molecule has 0 aliphatic heterocycles. The summed E-state index contributed by atoms with van der Waals surface area (Å²) < 4.78 is 67.0. The molecular weight excluding hydrogens is 265 g/mol. The maximum atomic E-state index is 11.9. The van der Waals surface area contributed by atoms with Gasteiger partial charge in [0, 0.05) is 11.6 Å². The van der Waals surface area contributed by atoms with Crippen LogP contribution < -0.4 is 15.2 Å². The van der Waals surface area contributed by atoms with Gasteiger partial charge in [-0.1, -0.05) is 0 Å². The summed E-state index contributed by atoms with van der Waals surface area (Å²) in [6.07, 6.45) is -5.03. The van der Waals surface area contributed by atoms with Gasteiger partial charge in [-0.3, -0.25) is 4.79 Å². The molecule has 0 spiro atoms. The van der Waals surface area contributed by atoms with Crippen molar-refractivity contribution in [2.45, 2.75) is 13.0 Å². The first-order valence-electron chi connectivity index (χ1n) is 4.33. The van der Waals surface area contributed by atoms with Gasteiger partial charge in [-0.15, -0.1) is 13.2 Å². The summed E-state index contributed by atoms with van der Waals surface area (Å²) in [5.41, 5.74) is 4.38. The second-order valence-electron chi connectivity index (χ2n) is 2.98. The van der Waals surface area contributed by atoms with Crippen molar-refractivity contribution in [3.63, 3.8) is 0 Å². The van der Waals surface area contributed by atoms with Gasteiger partial charge < -0.3 is 15.2 Å². The summed E-state index contributed by atoms with van der Waals surface area (Å²) in [6, 6.07) is 2.00. The quantitative estimate of drug-likeness (QED) is 0.854. The SMILES string of the molecule is NC(=O)c1cc(OC(F)F)cc(OC(F)(F)F)c1. The van der Waals surface area contributed by atoms with Gasteiger partial charge in [0.2, 0.25) is 5.91 Å². The molecule has 2 N–H and O–H groups in total. The molecule has 1 amide bonds. The predicted octanol–water partition coefficient (Wildman–Crippen LogP) is 2.29. The van der Waals surface area contributed by atoms with E-state index >= 15 is 0 Å². The van der Waals surface area contributed by atoms with Gasteiger partial charge in [-0.25, -0.2) is 0 Å². The minimum atomic E-state index is -5.03. The number of alkyl halides is 5. The van der Waals surface area contributed by atoms with Crippen LogP contribution in [-0.2, 0) is 0 Å². The Morgan fingerprint density at radius 2 is 1.72 bits per heavy atom. The van der Waals surface area contributed by atoms with Crippen molar-refractivity contribution >= 4 is 5.91 Å². The maximum Gasteiger partial charge on any atom is 0.573 e. The number of amides is 1. The summed E-state index contributed by atoms with van der Waals surface area (Å²) in [5.74, 6) is -2.66. The lowest BCUT2D eigenvalue weighted by molar-refractivity contribution is -0.274. The Bertz CT molecular complexity index is 446.